The zero-order valence-electron chi connectivity index (χ0n) is 23.5. The van der Waals surface area contributed by atoms with E-state index in [1.165, 1.54) is 0 Å². The molecule has 0 unspecified atom stereocenters. The summed E-state index contributed by atoms with van der Waals surface area (Å²) in [4.78, 5) is 22.2. The van der Waals surface area contributed by atoms with Crippen molar-refractivity contribution in [3.05, 3.63) is 90.0 Å². The van der Waals surface area contributed by atoms with Crippen molar-refractivity contribution in [3.8, 4) is 17.1 Å². The summed E-state index contributed by atoms with van der Waals surface area (Å²) in [6, 6.07) is 19.0. The van der Waals surface area contributed by atoms with Crippen LogP contribution in [0.3, 0.4) is 0 Å². The van der Waals surface area contributed by atoms with Crippen LogP contribution in [0, 0.1) is 0 Å². The minimum Gasteiger partial charge on any atom is -0.494 e. The molecule has 41 heavy (non-hydrogen) atoms. The van der Waals surface area contributed by atoms with Crippen LogP contribution in [0.4, 0.5) is 5.69 Å². The number of hydrogen-bond donors (Lipinski definition) is 4. The van der Waals surface area contributed by atoms with E-state index in [0.717, 1.165) is 60.7 Å². The largest absolute Gasteiger partial charge is 0.494 e. The molecule has 214 valence electrons. The average Bonchev–Trinajstić information content (AvgIpc) is 3.52. The van der Waals surface area contributed by atoms with Gasteiger partial charge in [0.1, 0.15) is 5.75 Å². The maximum atomic E-state index is 13.2. The zero-order chi connectivity index (χ0) is 28.5. The van der Waals surface area contributed by atoms with Gasteiger partial charge in [-0.3, -0.25) is 14.9 Å². The lowest BCUT2D eigenvalue weighted by Crippen LogP contribution is -2.46. The third kappa shape index (κ3) is 7.08. The number of hydrogen-bond acceptors (Lipinski definition) is 8. The fraction of sp³-hybridized carbons (Fsp3) is 0.355. The first-order valence-electron chi connectivity index (χ1n) is 14.0. The molecule has 4 N–H and O–H groups in total. The van der Waals surface area contributed by atoms with E-state index in [9.17, 15) is 4.79 Å². The Labute approximate surface area is 240 Å². The van der Waals surface area contributed by atoms with Gasteiger partial charge >= 0.3 is 0 Å². The van der Waals surface area contributed by atoms with Crippen LogP contribution in [0.5, 0.6) is 5.75 Å². The van der Waals surface area contributed by atoms with Crippen LogP contribution in [0.25, 0.3) is 11.4 Å². The smallest absolute Gasteiger partial charge is 0.251 e. The van der Waals surface area contributed by atoms with Crippen molar-refractivity contribution in [1.82, 2.24) is 30.8 Å². The molecule has 1 atom stereocenters. The Balaban J connectivity index is 1.26. The van der Waals surface area contributed by atoms with Gasteiger partial charge in [0.15, 0.2) is 11.6 Å². The molecule has 5 rings (SSSR count). The van der Waals surface area contributed by atoms with Crippen LogP contribution >= 0.6 is 0 Å². The molecule has 1 saturated heterocycles. The highest BCUT2D eigenvalue weighted by Gasteiger charge is 2.37. The fourth-order valence-corrected chi connectivity index (χ4v) is 5.00. The Hall–Kier alpha value is -4.28. The van der Waals surface area contributed by atoms with E-state index in [4.69, 9.17) is 14.5 Å². The minimum atomic E-state index is -0.445. The highest BCUT2D eigenvalue weighted by Crippen LogP contribution is 2.34. The number of nitrogens with one attached hydrogen (secondary N) is 4. The standard InChI is InChI=1S/C31H37N7O3/c1-22(23-7-9-27(10-8-23)41-20-4-19-40-2)34-29(39)25-5-3-6-26(21-25)36-31(13-17-33-18-14-31)30-35-28(37-38-30)24-11-15-32-16-12-24/h3,5-12,15-16,21-22,33,36H,4,13-14,17-20H2,1-2H3,(H,34,39)(H,35,37,38)/t22-/m0/s1. The summed E-state index contributed by atoms with van der Waals surface area (Å²) in [6.07, 6.45) is 5.93. The number of aromatic nitrogens is 4. The van der Waals surface area contributed by atoms with Crippen molar-refractivity contribution in [2.75, 3.05) is 38.7 Å². The first-order valence-corrected chi connectivity index (χ1v) is 14.0. The molecule has 0 aliphatic carbocycles. The highest BCUT2D eigenvalue weighted by atomic mass is 16.5. The van der Waals surface area contributed by atoms with Crippen LogP contribution in [-0.4, -0.2) is 59.5 Å². The topological polar surface area (TPSA) is 126 Å². The summed E-state index contributed by atoms with van der Waals surface area (Å²) < 4.78 is 10.8. The number of anilines is 1. The van der Waals surface area contributed by atoms with E-state index in [-0.39, 0.29) is 11.9 Å². The van der Waals surface area contributed by atoms with Gasteiger partial charge in [0, 0.05) is 49.3 Å². The average molecular weight is 556 g/mol. The summed E-state index contributed by atoms with van der Waals surface area (Å²) in [7, 11) is 1.68. The molecule has 0 radical (unpaired) electrons. The molecule has 1 fully saturated rings. The number of pyridine rings is 1. The van der Waals surface area contributed by atoms with Crippen molar-refractivity contribution < 1.29 is 14.3 Å². The number of H-pyrrole nitrogens is 1. The molecule has 2 aromatic carbocycles. The molecular weight excluding hydrogens is 518 g/mol. The molecule has 0 bridgehead atoms. The zero-order valence-corrected chi connectivity index (χ0v) is 23.5. The Bertz CT molecular complexity index is 1400. The lowest BCUT2D eigenvalue weighted by atomic mass is 9.87. The quantitative estimate of drug-likeness (QED) is 0.189. The summed E-state index contributed by atoms with van der Waals surface area (Å²) in [5.41, 5.74) is 2.90. The summed E-state index contributed by atoms with van der Waals surface area (Å²) in [5.74, 6) is 2.07. The van der Waals surface area contributed by atoms with Gasteiger partial charge in [0.05, 0.1) is 18.2 Å². The van der Waals surface area contributed by atoms with Crippen molar-refractivity contribution in [2.24, 2.45) is 0 Å². The molecule has 1 amide bonds. The third-order valence-corrected chi connectivity index (χ3v) is 7.33. The number of benzene rings is 2. The maximum absolute atomic E-state index is 13.2. The monoisotopic (exact) mass is 555 g/mol. The van der Waals surface area contributed by atoms with E-state index in [0.29, 0.717) is 24.6 Å². The van der Waals surface area contributed by atoms with Crippen LogP contribution in [-0.2, 0) is 10.3 Å². The number of carbonyl (C=O) groups is 1. The van der Waals surface area contributed by atoms with E-state index in [2.05, 4.69) is 31.1 Å². The third-order valence-electron chi connectivity index (χ3n) is 7.33. The number of methoxy groups -OCH3 is 1. The summed E-state index contributed by atoms with van der Waals surface area (Å²) in [6.45, 7) is 4.93. The Morgan fingerprint density at radius 2 is 1.83 bits per heavy atom. The fourth-order valence-electron chi connectivity index (χ4n) is 5.00. The van der Waals surface area contributed by atoms with Gasteiger partial charge in [0.2, 0.25) is 0 Å². The molecule has 0 spiro atoms. The molecule has 10 nitrogen and oxygen atoms in total. The van der Waals surface area contributed by atoms with Crippen LogP contribution in [0.15, 0.2) is 73.1 Å². The number of aromatic amines is 1. The molecule has 1 aliphatic heterocycles. The number of piperidine rings is 1. The van der Waals surface area contributed by atoms with Crippen LogP contribution in [0.1, 0.15) is 54.0 Å². The molecule has 1 aliphatic rings. The van der Waals surface area contributed by atoms with Crippen molar-refractivity contribution in [1.29, 1.82) is 0 Å². The lowest BCUT2D eigenvalue weighted by Gasteiger charge is -2.37. The number of rotatable bonds is 12. The molecule has 3 heterocycles. The first-order chi connectivity index (χ1) is 20.1. The Morgan fingerprint density at radius 3 is 2.59 bits per heavy atom. The molecular formula is C31H37N7O3. The number of nitrogens with zero attached hydrogens (tertiary/aromatic N) is 3. The second kappa shape index (κ2) is 13.4. The predicted molar refractivity (Wildman–Crippen MR) is 158 cm³/mol. The predicted octanol–water partition coefficient (Wildman–Crippen LogP) is 4.46. The van der Waals surface area contributed by atoms with Gasteiger partial charge in [-0.25, -0.2) is 4.98 Å². The lowest BCUT2D eigenvalue weighted by molar-refractivity contribution is 0.0940. The van der Waals surface area contributed by atoms with E-state index < -0.39 is 5.54 Å². The highest BCUT2D eigenvalue weighted by molar-refractivity contribution is 5.95. The van der Waals surface area contributed by atoms with Gasteiger partial charge in [-0.05, 0) is 80.9 Å². The maximum Gasteiger partial charge on any atom is 0.251 e. The summed E-state index contributed by atoms with van der Waals surface area (Å²) >= 11 is 0. The summed E-state index contributed by atoms with van der Waals surface area (Å²) in [5, 5.41) is 17.9. The van der Waals surface area contributed by atoms with Crippen LogP contribution in [0.2, 0.25) is 0 Å². The van der Waals surface area contributed by atoms with E-state index in [1.54, 1.807) is 19.5 Å². The van der Waals surface area contributed by atoms with Gasteiger partial charge in [0.25, 0.3) is 5.91 Å². The number of amides is 1. The number of carbonyl (C=O) groups excluding carboxylic acids is 1. The SMILES string of the molecule is COCCCOc1ccc([C@H](C)NC(=O)c2cccc(NC3(c4nc(-c5ccncc5)n[nH]4)CCNCC3)c2)cc1. The van der Waals surface area contributed by atoms with E-state index in [1.807, 2.05) is 67.6 Å². The second-order valence-electron chi connectivity index (χ2n) is 10.2. The van der Waals surface area contributed by atoms with Gasteiger partial charge in [-0.2, -0.15) is 5.10 Å². The first kappa shape index (κ1) is 28.3. The molecule has 4 aromatic rings. The molecule has 0 saturated carbocycles. The van der Waals surface area contributed by atoms with Gasteiger partial charge in [-0.15, -0.1) is 0 Å². The molecule has 2 aromatic heterocycles. The second-order valence-corrected chi connectivity index (χ2v) is 10.2. The van der Waals surface area contributed by atoms with Gasteiger partial charge in [-0.1, -0.05) is 18.2 Å². The van der Waals surface area contributed by atoms with Gasteiger partial charge < -0.3 is 25.4 Å². The van der Waals surface area contributed by atoms with Crippen molar-refractivity contribution >= 4 is 11.6 Å². The Kier molecular flexibility index (Phi) is 9.22. The van der Waals surface area contributed by atoms with Crippen LogP contribution < -0.4 is 20.7 Å². The van der Waals surface area contributed by atoms with Crippen molar-refractivity contribution in [3.63, 3.8) is 0 Å². The van der Waals surface area contributed by atoms with Crippen molar-refractivity contribution in [2.45, 2.75) is 37.8 Å². The van der Waals surface area contributed by atoms with E-state index >= 15 is 0 Å². The normalized spacial score (nSPS) is 15.2. The molecule has 10 heteroatoms. The Morgan fingerprint density at radius 1 is 1.05 bits per heavy atom. The number of ether oxygens (including phenoxy) is 2. The minimum absolute atomic E-state index is 0.139.